The quantitative estimate of drug-likeness (QED) is 0.244. The van der Waals surface area contributed by atoms with Crippen LogP contribution in [0, 0.1) is 0 Å². The van der Waals surface area contributed by atoms with Crippen molar-refractivity contribution in [1.82, 2.24) is 20.3 Å². The van der Waals surface area contributed by atoms with Crippen LogP contribution in [-0.2, 0) is 0 Å². The molecular formula is C26H30N4O4. The number of nitrogens with zero attached hydrogens (tertiary/aromatic N) is 3. The maximum Gasteiger partial charge on any atom is 0.344 e. The molecule has 0 saturated carbocycles. The van der Waals surface area contributed by atoms with E-state index < -0.39 is 0 Å². The molecule has 0 saturated heterocycles. The van der Waals surface area contributed by atoms with Crippen molar-refractivity contribution in [3.8, 4) is 28.5 Å². The van der Waals surface area contributed by atoms with E-state index in [0.717, 1.165) is 29.7 Å². The van der Waals surface area contributed by atoms with Crippen molar-refractivity contribution < 1.29 is 19.0 Å². The monoisotopic (exact) mass is 462 g/mol. The zero-order valence-electron chi connectivity index (χ0n) is 19.8. The average molecular weight is 463 g/mol. The predicted molar refractivity (Wildman–Crippen MR) is 133 cm³/mol. The van der Waals surface area contributed by atoms with Crippen molar-refractivity contribution in [3.63, 3.8) is 0 Å². The normalized spacial score (nSPS) is 10.8. The first-order valence-electron chi connectivity index (χ1n) is 11.1. The maximum atomic E-state index is 12.6. The number of hydrogen-bond acceptors (Lipinski definition) is 6. The highest BCUT2D eigenvalue weighted by Gasteiger charge is 2.20. The number of ether oxygens (including phenoxy) is 3. The second-order valence-corrected chi connectivity index (χ2v) is 7.39. The molecular weight excluding hydrogens is 432 g/mol. The molecule has 0 fully saturated rings. The van der Waals surface area contributed by atoms with Gasteiger partial charge in [0.1, 0.15) is 22.9 Å². The van der Waals surface area contributed by atoms with E-state index in [1.807, 2.05) is 55.5 Å². The molecule has 8 heteroatoms. The summed E-state index contributed by atoms with van der Waals surface area (Å²) in [6.45, 7) is 6.82. The van der Waals surface area contributed by atoms with Crippen molar-refractivity contribution in [1.29, 1.82) is 0 Å². The molecule has 34 heavy (non-hydrogen) atoms. The van der Waals surface area contributed by atoms with Crippen LogP contribution in [0.5, 0.6) is 17.2 Å². The summed E-state index contributed by atoms with van der Waals surface area (Å²) in [5, 5.41) is 10.8. The van der Waals surface area contributed by atoms with Crippen LogP contribution in [0.1, 0.15) is 30.9 Å². The van der Waals surface area contributed by atoms with Gasteiger partial charge < -0.3 is 19.5 Å². The Labute approximate surface area is 199 Å². The fourth-order valence-corrected chi connectivity index (χ4v) is 3.28. The van der Waals surface area contributed by atoms with Gasteiger partial charge >= 0.3 is 6.03 Å². The third kappa shape index (κ3) is 6.04. The number of nitrogens with one attached hydrogen (secondary N) is 1. The van der Waals surface area contributed by atoms with Crippen LogP contribution in [0.15, 0.2) is 55.3 Å². The first-order valence-corrected chi connectivity index (χ1v) is 11.1. The van der Waals surface area contributed by atoms with Crippen LogP contribution in [-0.4, -0.2) is 48.4 Å². The fraction of sp³-hybridized carbons (Fsp3) is 0.269. The number of carbonyl (C=O) groups is 1. The van der Waals surface area contributed by atoms with Crippen LogP contribution < -0.4 is 19.5 Å². The van der Waals surface area contributed by atoms with E-state index in [2.05, 4.69) is 22.2 Å². The van der Waals surface area contributed by atoms with Crippen LogP contribution >= 0.6 is 0 Å². The third-order valence-corrected chi connectivity index (χ3v) is 5.01. The smallest absolute Gasteiger partial charge is 0.344 e. The molecule has 0 aliphatic carbocycles. The summed E-state index contributed by atoms with van der Waals surface area (Å²) in [7, 11) is 3.17. The molecule has 3 rings (SSSR count). The molecule has 0 aliphatic heterocycles. The standard InChI is InChI=1S/C26H30N4O4/c1-5-7-15-34-21-12-9-19(10-13-21)8-11-20-16-22(32-3)17-24(33-4)25(20)23-18-28-29-30(23)26(31)27-14-6-2/h5,8-13,16-18H,1,6-7,14-15H2,2-4H3,(H,27,31)/b11-8+. The Morgan fingerprint density at radius 1 is 1.12 bits per heavy atom. The summed E-state index contributed by atoms with van der Waals surface area (Å²) in [5.74, 6) is 1.97. The van der Waals surface area contributed by atoms with Gasteiger partial charge in [-0.3, -0.25) is 0 Å². The van der Waals surface area contributed by atoms with Gasteiger partial charge in [-0.05, 0) is 42.2 Å². The van der Waals surface area contributed by atoms with Gasteiger partial charge in [-0.15, -0.1) is 11.7 Å². The number of benzene rings is 2. The Bertz CT molecular complexity index is 1140. The highest BCUT2D eigenvalue weighted by Crippen LogP contribution is 2.37. The zero-order valence-corrected chi connectivity index (χ0v) is 19.8. The van der Waals surface area contributed by atoms with Gasteiger partial charge in [-0.2, -0.15) is 4.68 Å². The number of hydrogen-bond donors (Lipinski definition) is 1. The first kappa shape index (κ1) is 24.6. The van der Waals surface area contributed by atoms with Gasteiger partial charge in [-0.1, -0.05) is 42.5 Å². The first-order chi connectivity index (χ1) is 16.6. The number of methoxy groups -OCH3 is 2. The van der Waals surface area contributed by atoms with Gasteiger partial charge in [0.15, 0.2) is 0 Å². The van der Waals surface area contributed by atoms with E-state index in [1.54, 1.807) is 26.5 Å². The molecule has 8 nitrogen and oxygen atoms in total. The van der Waals surface area contributed by atoms with Gasteiger partial charge in [-0.25, -0.2) is 4.79 Å². The number of aromatic nitrogens is 3. The SMILES string of the molecule is C=CCCOc1ccc(/C=C/c2cc(OC)cc(OC)c2-c2cnnn2C(=O)NCCC)cc1. The summed E-state index contributed by atoms with van der Waals surface area (Å²) in [5.41, 5.74) is 2.96. The van der Waals surface area contributed by atoms with E-state index in [4.69, 9.17) is 14.2 Å². The summed E-state index contributed by atoms with van der Waals surface area (Å²) < 4.78 is 18.0. The number of carbonyl (C=O) groups excluding carboxylic acids is 1. The summed E-state index contributed by atoms with van der Waals surface area (Å²) in [4.78, 5) is 12.6. The lowest BCUT2D eigenvalue weighted by molar-refractivity contribution is 0.239. The third-order valence-electron chi connectivity index (χ3n) is 5.01. The highest BCUT2D eigenvalue weighted by atomic mass is 16.5. The largest absolute Gasteiger partial charge is 0.497 e. The number of amides is 1. The lowest BCUT2D eigenvalue weighted by Gasteiger charge is -2.15. The predicted octanol–water partition coefficient (Wildman–Crippen LogP) is 5.06. The van der Waals surface area contributed by atoms with Crippen LogP contribution in [0.3, 0.4) is 0 Å². The molecule has 0 radical (unpaired) electrons. The second kappa shape index (κ2) is 12.2. The Morgan fingerprint density at radius 3 is 2.59 bits per heavy atom. The molecule has 0 bridgehead atoms. The van der Waals surface area contributed by atoms with Crippen molar-refractivity contribution >= 4 is 18.2 Å². The van der Waals surface area contributed by atoms with Crippen molar-refractivity contribution in [3.05, 3.63) is 66.4 Å². The summed E-state index contributed by atoms with van der Waals surface area (Å²) in [6, 6.07) is 11.1. The maximum absolute atomic E-state index is 12.6. The van der Waals surface area contributed by atoms with Crippen molar-refractivity contribution in [2.45, 2.75) is 19.8 Å². The minimum Gasteiger partial charge on any atom is -0.497 e. The molecule has 1 heterocycles. The highest BCUT2D eigenvalue weighted by molar-refractivity contribution is 5.88. The van der Waals surface area contributed by atoms with E-state index in [-0.39, 0.29) is 6.03 Å². The second-order valence-electron chi connectivity index (χ2n) is 7.39. The molecule has 3 aromatic rings. The van der Waals surface area contributed by atoms with Gasteiger partial charge in [0.25, 0.3) is 0 Å². The zero-order chi connectivity index (χ0) is 24.3. The van der Waals surface area contributed by atoms with E-state index >= 15 is 0 Å². The van der Waals surface area contributed by atoms with Crippen LogP contribution in [0.2, 0.25) is 0 Å². The molecule has 1 N–H and O–H groups in total. The Kier molecular flexibility index (Phi) is 8.85. The minimum atomic E-state index is -0.353. The molecule has 0 unspecified atom stereocenters. The Morgan fingerprint density at radius 2 is 1.91 bits per heavy atom. The van der Waals surface area contributed by atoms with E-state index in [1.165, 1.54) is 4.68 Å². The number of rotatable bonds is 11. The summed E-state index contributed by atoms with van der Waals surface area (Å²) in [6.07, 6.45) is 8.89. The van der Waals surface area contributed by atoms with Gasteiger partial charge in [0.05, 0.1) is 32.6 Å². The van der Waals surface area contributed by atoms with E-state index in [0.29, 0.717) is 35.9 Å². The molecule has 2 aromatic carbocycles. The fourth-order valence-electron chi connectivity index (χ4n) is 3.28. The lowest BCUT2D eigenvalue weighted by Crippen LogP contribution is -2.30. The molecule has 1 aromatic heterocycles. The topological polar surface area (TPSA) is 87.5 Å². The van der Waals surface area contributed by atoms with Crippen molar-refractivity contribution in [2.24, 2.45) is 0 Å². The molecule has 0 spiro atoms. The van der Waals surface area contributed by atoms with E-state index in [9.17, 15) is 4.79 Å². The minimum absolute atomic E-state index is 0.353. The van der Waals surface area contributed by atoms with Crippen LogP contribution in [0.25, 0.3) is 23.4 Å². The molecule has 0 atom stereocenters. The van der Waals surface area contributed by atoms with Crippen LogP contribution in [0.4, 0.5) is 4.79 Å². The Hall–Kier alpha value is -4.07. The van der Waals surface area contributed by atoms with Gasteiger partial charge in [0, 0.05) is 12.6 Å². The molecule has 0 aliphatic rings. The lowest BCUT2D eigenvalue weighted by atomic mass is 10.0. The summed E-state index contributed by atoms with van der Waals surface area (Å²) >= 11 is 0. The van der Waals surface area contributed by atoms with Gasteiger partial charge in [0.2, 0.25) is 0 Å². The molecule has 1 amide bonds. The van der Waals surface area contributed by atoms with Crippen molar-refractivity contribution in [2.75, 3.05) is 27.4 Å². The molecule has 178 valence electrons. The Balaban J connectivity index is 1.98. The average Bonchev–Trinajstić information content (AvgIpc) is 3.35.